The summed E-state index contributed by atoms with van der Waals surface area (Å²) in [4.78, 5) is 17.2. The maximum absolute atomic E-state index is 12.8. The maximum Gasteiger partial charge on any atom is 0.209 e. The van der Waals surface area contributed by atoms with Crippen LogP contribution in [-0.4, -0.2) is 45.0 Å². The second-order valence-corrected chi connectivity index (χ2v) is 8.50. The van der Waals surface area contributed by atoms with Gasteiger partial charge in [0, 0.05) is 34.1 Å². The zero-order valence-corrected chi connectivity index (χ0v) is 18.7. The van der Waals surface area contributed by atoms with E-state index >= 15 is 0 Å². The number of rotatable bonds is 8. The number of methoxy groups -OCH3 is 1. The molecule has 0 aliphatic carbocycles. The van der Waals surface area contributed by atoms with E-state index in [1.807, 2.05) is 44.2 Å². The normalized spacial score (nSPS) is 12.3. The fourth-order valence-corrected chi connectivity index (χ4v) is 4.26. The first kappa shape index (κ1) is 20.8. The van der Waals surface area contributed by atoms with Gasteiger partial charge in [-0.1, -0.05) is 39.8 Å². The van der Waals surface area contributed by atoms with Crippen LogP contribution in [0.3, 0.4) is 0 Å². The Hall–Kier alpha value is -1.90. The quantitative estimate of drug-likeness (QED) is 0.383. The second kappa shape index (κ2) is 9.07. The van der Waals surface area contributed by atoms with E-state index in [1.54, 1.807) is 7.11 Å². The van der Waals surface area contributed by atoms with Gasteiger partial charge in [-0.2, -0.15) is 0 Å². The van der Waals surface area contributed by atoms with Crippen molar-refractivity contribution in [3.05, 3.63) is 51.8 Å². The molecule has 0 fully saturated rings. The molecule has 28 heavy (non-hydrogen) atoms. The standard InChI is InChI=1S/C20H23BrN4O2S/c1-12-9-17(14(3)25(12)13(2)10-27-4)18(26)11-28-20-22-19(23-24-20)15-5-7-16(21)8-6-15/h5-9,13H,10-11H2,1-4H3,(H,22,23,24)/t13-/m0/s1. The summed E-state index contributed by atoms with van der Waals surface area (Å²) in [6, 6.07) is 9.96. The van der Waals surface area contributed by atoms with Crippen molar-refractivity contribution in [3.63, 3.8) is 0 Å². The fourth-order valence-electron chi connectivity index (χ4n) is 3.31. The van der Waals surface area contributed by atoms with Gasteiger partial charge in [-0.05, 0) is 39.0 Å². The highest BCUT2D eigenvalue weighted by molar-refractivity contribution is 9.10. The Morgan fingerprint density at radius 1 is 1.32 bits per heavy atom. The van der Waals surface area contributed by atoms with Crippen molar-refractivity contribution < 1.29 is 9.53 Å². The molecule has 0 unspecified atom stereocenters. The van der Waals surface area contributed by atoms with E-state index in [1.165, 1.54) is 11.8 Å². The summed E-state index contributed by atoms with van der Waals surface area (Å²) in [6.45, 7) is 6.69. The summed E-state index contributed by atoms with van der Waals surface area (Å²) < 4.78 is 8.42. The van der Waals surface area contributed by atoms with Crippen LogP contribution >= 0.6 is 27.7 Å². The molecule has 0 aliphatic heterocycles. The number of halogens is 1. The van der Waals surface area contributed by atoms with Gasteiger partial charge >= 0.3 is 0 Å². The third kappa shape index (κ3) is 4.56. The lowest BCUT2D eigenvalue weighted by atomic mass is 10.2. The molecular formula is C20H23BrN4O2S. The highest BCUT2D eigenvalue weighted by Crippen LogP contribution is 2.25. The molecule has 0 saturated carbocycles. The first-order valence-corrected chi connectivity index (χ1v) is 10.7. The highest BCUT2D eigenvalue weighted by Gasteiger charge is 2.19. The first-order valence-electron chi connectivity index (χ1n) is 8.92. The fraction of sp³-hybridized carbons (Fsp3) is 0.350. The molecule has 0 spiro atoms. The molecule has 1 atom stereocenters. The Balaban J connectivity index is 1.68. The molecule has 1 N–H and O–H groups in total. The predicted molar refractivity (Wildman–Crippen MR) is 115 cm³/mol. The number of nitrogens with zero attached hydrogens (tertiary/aromatic N) is 3. The minimum absolute atomic E-state index is 0.0731. The Morgan fingerprint density at radius 2 is 2.04 bits per heavy atom. The number of hydrogen-bond acceptors (Lipinski definition) is 5. The van der Waals surface area contributed by atoms with Crippen molar-refractivity contribution in [3.8, 4) is 11.4 Å². The van der Waals surface area contributed by atoms with Crippen molar-refractivity contribution in [2.24, 2.45) is 0 Å². The van der Waals surface area contributed by atoms with Gasteiger partial charge in [-0.15, -0.1) is 5.10 Å². The van der Waals surface area contributed by atoms with Crippen molar-refractivity contribution in [1.29, 1.82) is 0 Å². The Bertz CT molecular complexity index is 965. The number of benzene rings is 1. The van der Waals surface area contributed by atoms with Crippen molar-refractivity contribution in [2.45, 2.75) is 32.0 Å². The third-order valence-electron chi connectivity index (χ3n) is 4.55. The summed E-state index contributed by atoms with van der Waals surface area (Å²) in [6.07, 6.45) is 0. The van der Waals surface area contributed by atoms with Gasteiger partial charge in [0.05, 0.1) is 18.4 Å². The van der Waals surface area contributed by atoms with E-state index in [9.17, 15) is 4.79 Å². The number of aromatic amines is 1. The molecular weight excluding hydrogens is 440 g/mol. The number of aryl methyl sites for hydroxylation is 1. The molecule has 0 radical (unpaired) electrons. The van der Waals surface area contributed by atoms with Crippen LogP contribution in [0.5, 0.6) is 0 Å². The van der Waals surface area contributed by atoms with Crippen LogP contribution in [-0.2, 0) is 4.74 Å². The molecule has 0 amide bonds. The number of hydrogen-bond donors (Lipinski definition) is 1. The molecule has 3 aromatic rings. The lowest BCUT2D eigenvalue weighted by molar-refractivity contribution is 0.102. The third-order valence-corrected chi connectivity index (χ3v) is 5.92. The summed E-state index contributed by atoms with van der Waals surface area (Å²) in [5, 5.41) is 7.71. The average molecular weight is 463 g/mol. The number of ether oxygens (including phenoxy) is 1. The van der Waals surface area contributed by atoms with Crippen LogP contribution in [0.2, 0.25) is 0 Å². The number of nitrogens with one attached hydrogen (secondary N) is 1. The largest absolute Gasteiger partial charge is 0.383 e. The Morgan fingerprint density at radius 3 is 2.71 bits per heavy atom. The van der Waals surface area contributed by atoms with Gasteiger partial charge < -0.3 is 9.30 Å². The van der Waals surface area contributed by atoms with E-state index in [0.717, 1.165) is 27.0 Å². The minimum atomic E-state index is 0.0731. The number of carbonyl (C=O) groups excluding carboxylic acids is 1. The SMILES string of the molecule is COC[C@H](C)n1c(C)cc(C(=O)CSc2n[nH]c(-c3ccc(Br)cc3)n2)c1C. The van der Waals surface area contributed by atoms with E-state index in [4.69, 9.17) is 4.74 Å². The van der Waals surface area contributed by atoms with Gasteiger partial charge in [0.1, 0.15) is 0 Å². The minimum Gasteiger partial charge on any atom is -0.383 e. The van der Waals surface area contributed by atoms with Crippen molar-refractivity contribution in [2.75, 3.05) is 19.5 Å². The summed E-state index contributed by atoms with van der Waals surface area (Å²) in [7, 11) is 1.69. The number of carbonyl (C=O) groups is 1. The van der Waals surface area contributed by atoms with Gasteiger partial charge in [-0.3, -0.25) is 9.89 Å². The lowest BCUT2D eigenvalue weighted by Crippen LogP contribution is -2.14. The number of aromatic nitrogens is 4. The number of thioether (sulfide) groups is 1. The monoisotopic (exact) mass is 462 g/mol. The summed E-state index contributed by atoms with van der Waals surface area (Å²) >= 11 is 4.76. The van der Waals surface area contributed by atoms with Gasteiger partial charge in [-0.25, -0.2) is 4.98 Å². The molecule has 0 aliphatic rings. The average Bonchev–Trinajstić information content (AvgIpc) is 3.25. The number of Topliss-reactive ketones (excluding diaryl/α,β-unsaturated/α-hetero) is 1. The van der Waals surface area contributed by atoms with Crippen LogP contribution < -0.4 is 0 Å². The molecule has 0 bridgehead atoms. The second-order valence-electron chi connectivity index (χ2n) is 6.64. The van der Waals surface area contributed by atoms with Crippen LogP contribution in [0.25, 0.3) is 11.4 Å². The highest BCUT2D eigenvalue weighted by atomic mass is 79.9. The Labute approximate surface area is 177 Å². The lowest BCUT2D eigenvalue weighted by Gasteiger charge is -2.17. The first-order chi connectivity index (χ1) is 13.4. The zero-order valence-electron chi connectivity index (χ0n) is 16.3. The van der Waals surface area contributed by atoms with Gasteiger partial charge in [0.2, 0.25) is 5.16 Å². The van der Waals surface area contributed by atoms with Crippen LogP contribution in [0.4, 0.5) is 0 Å². The zero-order chi connectivity index (χ0) is 20.3. The molecule has 8 heteroatoms. The van der Waals surface area contributed by atoms with E-state index in [-0.39, 0.29) is 11.8 Å². The predicted octanol–water partition coefficient (Wildman–Crippen LogP) is 4.83. The molecule has 1 aromatic carbocycles. The summed E-state index contributed by atoms with van der Waals surface area (Å²) in [5.41, 5.74) is 3.73. The van der Waals surface area contributed by atoms with Crippen LogP contribution in [0.1, 0.15) is 34.7 Å². The summed E-state index contributed by atoms with van der Waals surface area (Å²) in [5.74, 6) is 1.05. The van der Waals surface area contributed by atoms with Gasteiger partial charge in [0.15, 0.2) is 11.6 Å². The maximum atomic E-state index is 12.8. The Kier molecular flexibility index (Phi) is 6.74. The van der Waals surface area contributed by atoms with Crippen molar-refractivity contribution in [1.82, 2.24) is 19.7 Å². The van der Waals surface area contributed by atoms with Crippen molar-refractivity contribution >= 4 is 33.5 Å². The van der Waals surface area contributed by atoms with Gasteiger partial charge in [0.25, 0.3) is 0 Å². The molecule has 3 rings (SSSR count). The van der Waals surface area contributed by atoms with Crippen LogP contribution in [0.15, 0.2) is 40.0 Å². The van der Waals surface area contributed by atoms with Crippen LogP contribution in [0, 0.1) is 13.8 Å². The number of ketones is 1. The number of H-pyrrole nitrogens is 1. The molecule has 148 valence electrons. The van der Waals surface area contributed by atoms with E-state index in [2.05, 4.69) is 42.6 Å². The van der Waals surface area contributed by atoms with E-state index < -0.39 is 0 Å². The molecule has 0 saturated heterocycles. The molecule has 6 nitrogen and oxygen atoms in total. The smallest absolute Gasteiger partial charge is 0.209 e. The molecule has 2 heterocycles. The van der Waals surface area contributed by atoms with E-state index in [0.29, 0.717) is 23.3 Å². The topological polar surface area (TPSA) is 72.8 Å². The molecule has 2 aromatic heterocycles.